The molecule has 0 atom stereocenters. The lowest BCUT2D eigenvalue weighted by Crippen LogP contribution is -2.22. The standard InChI is InChI=1S/C23H22N2O4S/c1-14-11-15(2)21(16(3)12-14)25-20(26)13-29-23(28)17-6-8-18(9-7-17)24-22(27)19-5-4-10-30-19/h4-12H,13H2,1-3H3,(H,24,27)(H,25,26). The summed E-state index contributed by atoms with van der Waals surface area (Å²) in [6.07, 6.45) is 0. The van der Waals surface area contributed by atoms with Crippen LogP contribution in [-0.2, 0) is 9.53 Å². The van der Waals surface area contributed by atoms with Crippen LogP contribution in [0.5, 0.6) is 0 Å². The van der Waals surface area contributed by atoms with Gasteiger partial charge < -0.3 is 15.4 Å². The fraction of sp³-hybridized carbons (Fsp3) is 0.174. The molecule has 0 saturated carbocycles. The number of nitrogens with one attached hydrogen (secondary N) is 2. The summed E-state index contributed by atoms with van der Waals surface area (Å²) in [7, 11) is 0. The molecule has 0 spiro atoms. The monoisotopic (exact) mass is 422 g/mol. The first-order valence-electron chi connectivity index (χ1n) is 9.33. The summed E-state index contributed by atoms with van der Waals surface area (Å²) in [6.45, 7) is 5.44. The van der Waals surface area contributed by atoms with Gasteiger partial charge >= 0.3 is 5.97 Å². The zero-order valence-corrected chi connectivity index (χ0v) is 17.8. The molecule has 1 heterocycles. The van der Waals surface area contributed by atoms with Crippen molar-refractivity contribution in [1.29, 1.82) is 0 Å². The van der Waals surface area contributed by atoms with Crippen LogP contribution in [0, 0.1) is 20.8 Å². The first kappa shape index (κ1) is 21.3. The van der Waals surface area contributed by atoms with E-state index in [0.29, 0.717) is 16.1 Å². The third-order valence-corrected chi connectivity index (χ3v) is 5.27. The second-order valence-electron chi connectivity index (χ2n) is 6.91. The second kappa shape index (κ2) is 9.37. The van der Waals surface area contributed by atoms with Gasteiger partial charge in [0, 0.05) is 11.4 Å². The Kier molecular flexibility index (Phi) is 6.64. The minimum absolute atomic E-state index is 0.210. The molecule has 30 heavy (non-hydrogen) atoms. The molecule has 0 aliphatic heterocycles. The van der Waals surface area contributed by atoms with E-state index in [1.54, 1.807) is 36.4 Å². The Balaban J connectivity index is 1.53. The number of anilines is 2. The van der Waals surface area contributed by atoms with Gasteiger partial charge in [0.1, 0.15) is 0 Å². The first-order valence-corrected chi connectivity index (χ1v) is 10.2. The lowest BCUT2D eigenvalue weighted by molar-refractivity contribution is -0.119. The van der Waals surface area contributed by atoms with Gasteiger partial charge in [-0.25, -0.2) is 4.79 Å². The van der Waals surface area contributed by atoms with Gasteiger partial charge in [0.05, 0.1) is 10.4 Å². The summed E-state index contributed by atoms with van der Waals surface area (Å²) in [5.74, 6) is -1.23. The van der Waals surface area contributed by atoms with Crippen LogP contribution in [-0.4, -0.2) is 24.4 Å². The number of carbonyl (C=O) groups is 3. The molecule has 3 rings (SSSR count). The van der Waals surface area contributed by atoms with E-state index in [9.17, 15) is 14.4 Å². The number of rotatable bonds is 6. The molecule has 0 saturated heterocycles. The molecule has 0 radical (unpaired) electrons. The summed E-state index contributed by atoms with van der Waals surface area (Å²) < 4.78 is 5.11. The third-order valence-electron chi connectivity index (χ3n) is 4.40. The topological polar surface area (TPSA) is 84.5 Å². The van der Waals surface area contributed by atoms with E-state index in [4.69, 9.17) is 4.74 Å². The Morgan fingerprint density at radius 3 is 2.20 bits per heavy atom. The van der Waals surface area contributed by atoms with Crippen molar-refractivity contribution in [1.82, 2.24) is 0 Å². The quantitative estimate of drug-likeness (QED) is 0.563. The molecule has 6 nitrogen and oxygen atoms in total. The number of carbonyl (C=O) groups excluding carboxylic acids is 3. The SMILES string of the molecule is Cc1cc(C)c(NC(=O)COC(=O)c2ccc(NC(=O)c3cccs3)cc2)c(C)c1. The summed E-state index contributed by atoms with van der Waals surface area (Å²) in [5.41, 5.74) is 4.60. The average molecular weight is 423 g/mol. The highest BCUT2D eigenvalue weighted by Gasteiger charge is 2.13. The molecule has 2 aromatic carbocycles. The van der Waals surface area contributed by atoms with Crippen LogP contribution < -0.4 is 10.6 Å². The predicted molar refractivity (Wildman–Crippen MR) is 118 cm³/mol. The Labute approximate surface area is 178 Å². The Morgan fingerprint density at radius 1 is 0.933 bits per heavy atom. The highest BCUT2D eigenvalue weighted by molar-refractivity contribution is 7.12. The summed E-state index contributed by atoms with van der Waals surface area (Å²) in [4.78, 5) is 37.1. The van der Waals surface area contributed by atoms with Crippen molar-refractivity contribution in [3.63, 3.8) is 0 Å². The zero-order chi connectivity index (χ0) is 21.7. The fourth-order valence-electron chi connectivity index (χ4n) is 3.06. The lowest BCUT2D eigenvalue weighted by Gasteiger charge is -2.13. The van der Waals surface area contributed by atoms with E-state index < -0.39 is 11.9 Å². The number of hydrogen-bond acceptors (Lipinski definition) is 5. The molecule has 0 bridgehead atoms. The molecule has 1 aromatic heterocycles. The average Bonchev–Trinajstić information content (AvgIpc) is 3.24. The van der Waals surface area contributed by atoms with E-state index in [-0.39, 0.29) is 12.5 Å². The minimum atomic E-state index is -0.612. The maximum absolute atomic E-state index is 12.2. The first-order chi connectivity index (χ1) is 14.3. The highest BCUT2D eigenvalue weighted by atomic mass is 32.1. The van der Waals surface area contributed by atoms with Crippen molar-refractivity contribution in [2.45, 2.75) is 20.8 Å². The second-order valence-corrected chi connectivity index (χ2v) is 7.85. The van der Waals surface area contributed by atoms with E-state index in [0.717, 1.165) is 22.4 Å². The van der Waals surface area contributed by atoms with Crippen molar-refractivity contribution in [2.75, 3.05) is 17.2 Å². The van der Waals surface area contributed by atoms with Gasteiger partial charge in [0.25, 0.3) is 11.8 Å². The van der Waals surface area contributed by atoms with Crippen molar-refractivity contribution in [2.24, 2.45) is 0 Å². The van der Waals surface area contributed by atoms with Crippen LogP contribution >= 0.6 is 11.3 Å². The molecule has 7 heteroatoms. The third kappa shape index (κ3) is 5.33. The number of amides is 2. The predicted octanol–water partition coefficient (Wildman–Crippen LogP) is 4.72. The number of ether oxygens (including phenoxy) is 1. The number of benzene rings is 2. The molecule has 154 valence electrons. The fourth-order valence-corrected chi connectivity index (χ4v) is 3.68. The number of esters is 1. The van der Waals surface area contributed by atoms with Crippen molar-refractivity contribution >= 4 is 40.5 Å². The molecule has 0 unspecified atom stereocenters. The van der Waals surface area contributed by atoms with Gasteiger partial charge in [-0.2, -0.15) is 0 Å². The van der Waals surface area contributed by atoms with Crippen LogP contribution in [0.1, 0.15) is 36.7 Å². The van der Waals surface area contributed by atoms with Crippen LogP contribution in [0.4, 0.5) is 11.4 Å². The van der Waals surface area contributed by atoms with Crippen LogP contribution in [0.3, 0.4) is 0 Å². The molecule has 3 aromatic rings. The molecular weight excluding hydrogens is 400 g/mol. The Morgan fingerprint density at radius 2 is 1.60 bits per heavy atom. The van der Waals surface area contributed by atoms with Crippen LogP contribution in [0.15, 0.2) is 53.9 Å². The Hall–Kier alpha value is -3.45. The van der Waals surface area contributed by atoms with Gasteiger partial charge in [0.15, 0.2) is 6.61 Å². The zero-order valence-electron chi connectivity index (χ0n) is 16.9. The molecule has 2 N–H and O–H groups in total. The van der Waals surface area contributed by atoms with Crippen LogP contribution in [0.2, 0.25) is 0 Å². The van der Waals surface area contributed by atoms with E-state index in [1.165, 1.54) is 11.3 Å². The number of hydrogen-bond donors (Lipinski definition) is 2. The van der Waals surface area contributed by atoms with E-state index >= 15 is 0 Å². The largest absolute Gasteiger partial charge is 0.452 e. The highest BCUT2D eigenvalue weighted by Crippen LogP contribution is 2.22. The van der Waals surface area contributed by atoms with Crippen molar-refractivity contribution in [3.05, 3.63) is 81.0 Å². The van der Waals surface area contributed by atoms with Crippen LogP contribution in [0.25, 0.3) is 0 Å². The number of thiophene rings is 1. The molecule has 2 amide bonds. The van der Waals surface area contributed by atoms with Gasteiger partial charge in [-0.3, -0.25) is 9.59 Å². The van der Waals surface area contributed by atoms with Gasteiger partial charge in [-0.1, -0.05) is 23.8 Å². The molecule has 0 aliphatic carbocycles. The summed E-state index contributed by atoms with van der Waals surface area (Å²) in [6, 6.07) is 13.8. The molecule has 0 aliphatic rings. The summed E-state index contributed by atoms with van der Waals surface area (Å²) >= 11 is 1.35. The summed E-state index contributed by atoms with van der Waals surface area (Å²) in [5, 5.41) is 7.38. The number of aryl methyl sites for hydroxylation is 3. The van der Waals surface area contributed by atoms with Gasteiger partial charge in [0.2, 0.25) is 0 Å². The van der Waals surface area contributed by atoms with Gasteiger partial charge in [-0.05, 0) is 67.6 Å². The normalized spacial score (nSPS) is 10.4. The van der Waals surface area contributed by atoms with Crippen molar-refractivity contribution < 1.29 is 19.1 Å². The Bertz CT molecular complexity index is 1050. The van der Waals surface area contributed by atoms with Gasteiger partial charge in [-0.15, -0.1) is 11.3 Å². The smallest absolute Gasteiger partial charge is 0.338 e. The lowest BCUT2D eigenvalue weighted by atomic mass is 10.1. The maximum atomic E-state index is 12.2. The van der Waals surface area contributed by atoms with E-state index in [2.05, 4.69) is 10.6 Å². The molecule has 0 fully saturated rings. The van der Waals surface area contributed by atoms with Crippen molar-refractivity contribution in [3.8, 4) is 0 Å². The molecular formula is C23H22N2O4S. The minimum Gasteiger partial charge on any atom is -0.452 e. The van der Waals surface area contributed by atoms with E-state index in [1.807, 2.05) is 38.3 Å². The maximum Gasteiger partial charge on any atom is 0.338 e.